The highest BCUT2D eigenvalue weighted by Gasteiger charge is 2.25. The highest BCUT2D eigenvalue weighted by molar-refractivity contribution is 5.96. The van der Waals surface area contributed by atoms with Crippen molar-refractivity contribution in [3.63, 3.8) is 0 Å². The molecule has 5 nitrogen and oxygen atoms in total. The van der Waals surface area contributed by atoms with Crippen LogP contribution in [0.15, 0.2) is 24.3 Å². The van der Waals surface area contributed by atoms with Crippen molar-refractivity contribution in [2.45, 2.75) is 51.6 Å². The van der Waals surface area contributed by atoms with Gasteiger partial charge >= 0.3 is 0 Å². The maximum atomic E-state index is 12.2. The zero-order valence-electron chi connectivity index (χ0n) is 13.3. The first kappa shape index (κ1) is 16.5. The predicted molar refractivity (Wildman–Crippen MR) is 87.6 cm³/mol. The molecule has 2 atom stereocenters. The summed E-state index contributed by atoms with van der Waals surface area (Å²) in [6, 6.07) is 7.19. The van der Waals surface area contributed by atoms with Crippen molar-refractivity contribution >= 4 is 17.5 Å². The van der Waals surface area contributed by atoms with Gasteiger partial charge in [0.2, 0.25) is 5.91 Å². The molecule has 1 aliphatic rings. The molecule has 2 rings (SSSR count). The first-order valence-corrected chi connectivity index (χ1v) is 7.93. The Kier molecular flexibility index (Phi) is 5.55. The molecular weight excluding hydrogens is 278 g/mol. The molecule has 0 aliphatic heterocycles. The summed E-state index contributed by atoms with van der Waals surface area (Å²) >= 11 is 0. The van der Waals surface area contributed by atoms with Gasteiger partial charge in [0.05, 0.1) is 0 Å². The predicted octanol–water partition coefficient (Wildman–Crippen LogP) is 2.28. The number of rotatable bonds is 4. The summed E-state index contributed by atoms with van der Waals surface area (Å²) in [6.45, 7) is 3.84. The lowest BCUT2D eigenvalue weighted by atomic mass is 9.85. The molecule has 22 heavy (non-hydrogen) atoms. The van der Waals surface area contributed by atoms with E-state index in [9.17, 15) is 9.59 Å². The molecule has 1 aromatic rings. The van der Waals surface area contributed by atoms with E-state index in [2.05, 4.69) is 10.6 Å². The van der Waals surface area contributed by atoms with Crippen molar-refractivity contribution in [1.29, 1.82) is 0 Å². The van der Waals surface area contributed by atoms with Crippen LogP contribution in [0.5, 0.6) is 0 Å². The molecular formula is C17H25N3O2. The molecule has 0 heterocycles. The largest absolute Gasteiger partial charge is 0.350 e. The minimum Gasteiger partial charge on any atom is -0.350 e. The van der Waals surface area contributed by atoms with Gasteiger partial charge in [-0.2, -0.15) is 0 Å². The van der Waals surface area contributed by atoms with Crippen molar-refractivity contribution in [2.75, 3.05) is 5.32 Å². The van der Waals surface area contributed by atoms with Gasteiger partial charge in [-0.3, -0.25) is 9.59 Å². The minimum absolute atomic E-state index is 0.00679. The van der Waals surface area contributed by atoms with Gasteiger partial charge in [0.25, 0.3) is 5.91 Å². The van der Waals surface area contributed by atoms with E-state index in [1.54, 1.807) is 24.3 Å². The number of carbonyl (C=O) groups excluding carboxylic acids is 2. The number of hydrogen-bond donors (Lipinski definition) is 3. The number of anilines is 1. The highest BCUT2D eigenvalue weighted by atomic mass is 16.2. The number of carbonyl (C=O) groups is 2. The monoisotopic (exact) mass is 303 g/mol. The second-order valence-corrected chi connectivity index (χ2v) is 6.32. The molecule has 0 bridgehead atoms. The molecule has 0 spiro atoms. The van der Waals surface area contributed by atoms with E-state index in [0.29, 0.717) is 11.3 Å². The smallest absolute Gasteiger partial charge is 0.251 e. The summed E-state index contributed by atoms with van der Waals surface area (Å²) in [4.78, 5) is 24.1. The molecule has 1 aliphatic carbocycles. The third kappa shape index (κ3) is 4.56. The summed E-state index contributed by atoms with van der Waals surface area (Å²) in [7, 11) is 0. The molecule has 1 fully saturated rings. The topological polar surface area (TPSA) is 84.2 Å². The van der Waals surface area contributed by atoms with Gasteiger partial charge in [-0.25, -0.2) is 0 Å². The van der Waals surface area contributed by atoms with Crippen molar-refractivity contribution in [3.05, 3.63) is 29.8 Å². The number of nitrogens with two attached hydrogens (primary N) is 1. The highest BCUT2D eigenvalue weighted by Crippen LogP contribution is 2.24. The van der Waals surface area contributed by atoms with Gasteiger partial charge in [0.1, 0.15) is 0 Å². The Balaban J connectivity index is 1.93. The molecule has 2 unspecified atom stereocenters. The van der Waals surface area contributed by atoms with Crippen molar-refractivity contribution in [3.8, 4) is 0 Å². The third-order valence-corrected chi connectivity index (χ3v) is 3.92. The Morgan fingerprint density at radius 3 is 2.45 bits per heavy atom. The number of amides is 2. The first-order chi connectivity index (χ1) is 10.5. The second-order valence-electron chi connectivity index (χ2n) is 6.32. The van der Waals surface area contributed by atoms with Gasteiger partial charge < -0.3 is 16.4 Å². The summed E-state index contributed by atoms with van der Waals surface area (Å²) in [5.41, 5.74) is 7.23. The van der Waals surface area contributed by atoms with Crippen LogP contribution in [0.3, 0.4) is 0 Å². The van der Waals surface area contributed by atoms with Crippen LogP contribution in [0, 0.1) is 5.92 Å². The molecule has 1 aromatic carbocycles. The lowest BCUT2D eigenvalue weighted by molar-refractivity contribution is -0.120. The fourth-order valence-corrected chi connectivity index (χ4v) is 2.76. The summed E-state index contributed by atoms with van der Waals surface area (Å²) in [6.07, 6.45) is 3.66. The van der Waals surface area contributed by atoms with Crippen molar-refractivity contribution in [2.24, 2.45) is 11.7 Å². The van der Waals surface area contributed by atoms with Crippen LogP contribution in [-0.2, 0) is 4.79 Å². The van der Waals surface area contributed by atoms with Crippen LogP contribution in [-0.4, -0.2) is 23.9 Å². The Labute approximate surface area is 131 Å². The molecule has 2 amide bonds. The van der Waals surface area contributed by atoms with Crippen molar-refractivity contribution in [1.82, 2.24) is 5.32 Å². The van der Waals surface area contributed by atoms with E-state index in [1.165, 1.54) is 0 Å². The van der Waals surface area contributed by atoms with E-state index in [0.717, 1.165) is 25.7 Å². The van der Waals surface area contributed by atoms with Crippen LogP contribution in [0.1, 0.15) is 49.9 Å². The summed E-state index contributed by atoms with van der Waals surface area (Å²) in [5, 5.41) is 5.75. The van der Waals surface area contributed by atoms with Crippen LogP contribution < -0.4 is 16.4 Å². The van der Waals surface area contributed by atoms with Crippen LogP contribution >= 0.6 is 0 Å². The zero-order chi connectivity index (χ0) is 16.1. The summed E-state index contributed by atoms with van der Waals surface area (Å²) < 4.78 is 0. The number of benzene rings is 1. The Hall–Kier alpha value is -1.88. The van der Waals surface area contributed by atoms with Gasteiger partial charge in [-0.05, 0) is 57.4 Å². The minimum atomic E-state index is -0.105. The van der Waals surface area contributed by atoms with Crippen molar-refractivity contribution < 1.29 is 9.59 Å². The van der Waals surface area contributed by atoms with E-state index in [1.807, 2.05) is 13.8 Å². The van der Waals surface area contributed by atoms with Crippen LogP contribution in [0.25, 0.3) is 0 Å². The lowest BCUT2D eigenvalue weighted by Crippen LogP contribution is -2.34. The Bertz CT molecular complexity index is 525. The molecule has 0 aromatic heterocycles. The average Bonchev–Trinajstić information content (AvgIpc) is 2.47. The van der Waals surface area contributed by atoms with E-state index >= 15 is 0 Å². The van der Waals surface area contributed by atoms with Crippen LogP contribution in [0.2, 0.25) is 0 Å². The lowest BCUT2D eigenvalue weighted by Gasteiger charge is -2.25. The molecule has 5 heteroatoms. The fourth-order valence-electron chi connectivity index (χ4n) is 2.76. The van der Waals surface area contributed by atoms with Gasteiger partial charge in [-0.15, -0.1) is 0 Å². The third-order valence-electron chi connectivity index (χ3n) is 3.92. The summed E-state index contributed by atoms with van der Waals surface area (Å²) in [5.74, 6) is -0.0895. The van der Waals surface area contributed by atoms with Gasteiger partial charge in [0.15, 0.2) is 0 Å². The quantitative estimate of drug-likeness (QED) is 0.798. The SMILES string of the molecule is CC(C)NC(=O)c1ccc(NC(=O)C2CCCC(N)C2)cc1. The van der Waals surface area contributed by atoms with E-state index in [-0.39, 0.29) is 29.8 Å². The molecule has 0 saturated heterocycles. The maximum Gasteiger partial charge on any atom is 0.251 e. The number of nitrogens with one attached hydrogen (secondary N) is 2. The molecule has 4 N–H and O–H groups in total. The van der Waals surface area contributed by atoms with E-state index in [4.69, 9.17) is 5.73 Å². The van der Waals surface area contributed by atoms with Gasteiger partial charge in [0, 0.05) is 29.3 Å². The standard InChI is InChI=1S/C17H25N3O2/c1-11(2)19-16(21)12-6-8-15(9-7-12)20-17(22)13-4-3-5-14(18)10-13/h6-9,11,13-14H,3-5,10,18H2,1-2H3,(H,19,21)(H,20,22). The fraction of sp³-hybridized carbons (Fsp3) is 0.529. The average molecular weight is 303 g/mol. The van der Waals surface area contributed by atoms with E-state index < -0.39 is 0 Å². The molecule has 0 radical (unpaired) electrons. The normalized spacial score (nSPS) is 21.5. The van der Waals surface area contributed by atoms with Gasteiger partial charge in [-0.1, -0.05) is 6.42 Å². The Morgan fingerprint density at radius 1 is 1.18 bits per heavy atom. The molecule has 120 valence electrons. The van der Waals surface area contributed by atoms with Crippen LogP contribution in [0.4, 0.5) is 5.69 Å². The Morgan fingerprint density at radius 2 is 1.86 bits per heavy atom. The number of hydrogen-bond acceptors (Lipinski definition) is 3. The zero-order valence-corrected chi connectivity index (χ0v) is 13.3. The first-order valence-electron chi connectivity index (χ1n) is 7.93. The maximum absolute atomic E-state index is 12.2. The second kappa shape index (κ2) is 7.40. The molecule has 1 saturated carbocycles.